The van der Waals surface area contributed by atoms with Crippen molar-refractivity contribution in [1.29, 1.82) is 0 Å². The zero-order chi connectivity index (χ0) is 15.0. The Labute approximate surface area is 130 Å². The van der Waals surface area contributed by atoms with Gasteiger partial charge in [-0.1, -0.05) is 11.6 Å². The van der Waals surface area contributed by atoms with E-state index < -0.39 is 0 Å². The van der Waals surface area contributed by atoms with Gasteiger partial charge in [0.25, 0.3) is 5.91 Å². The van der Waals surface area contributed by atoms with E-state index in [1.165, 1.54) is 0 Å². The topological polar surface area (TPSA) is 55.2 Å². The number of hydrogen-bond acceptors (Lipinski definition) is 4. The predicted molar refractivity (Wildman–Crippen MR) is 85.2 cm³/mol. The molecule has 0 N–H and O–H groups in total. The average molecular weight is 324 g/mol. The molecule has 1 saturated heterocycles. The second kappa shape index (κ2) is 5.69. The lowest BCUT2D eigenvalue weighted by molar-refractivity contribution is 0.0763. The second-order valence-corrected chi connectivity index (χ2v) is 6.53. The van der Waals surface area contributed by atoms with Gasteiger partial charge in [0, 0.05) is 36.7 Å². The van der Waals surface area contributed by atoms with E-state index in [0.717, 1.165) is 11.5 Å². The molecule has 1 aliphatic rings. The van der Waals surface area contributed by atoms with Gasteiger partial charge in [-0.25, -0.2) is 0 Å². The van der Waals surface area contributed by atoms with Crippen molar-refractivity contribution in [2.24, 2.45) is 7.05 Å². The van der Waals surface area contributed by atoms with Crippen LogP contribution in [0, 0.1) is 0 Å². The van der Waals surface area contributed by atoms with Gasteiger partial charge in [0.1, 0.15) is 0 Å². The minimum Gasteiger partial charge on any atom is -0.335 e. The number of fused-ring (bicyclic) bond motifs is 1. The fourth-order valence-electron chi connectivity index (χ4n) is 2.41. The molecule has 3 rings (SSSR count). The number of halogens is 1. The summed E-state index contributed by atoms with van der Waals surface area (Å²) < 4.78 is 1.55. The Bertz CT molecular complexity index is 769. The third-order valence-electron chi connectivity index (χ3n) is 3.52. The van der Waals surface area contributed by atoms with Gasteiger partial charge in [0.2, 0.25) is 5.43 Å². The van der Waals surface area contributed by atoms with Gasteiger partial charge in [0.15, 0.2) is 5.69 Å². The first kappa shape index (κ1) is 14.4. The van der Waals surface area contributed by atoms with Crippen molar-refractivity contribution in [3.05, 3.63) is 39.1 Å². The summed E-state index contributed by atoms with van der Waals surface area (Å²) in [6, 6.07) is 5.02. The number of thioether (sulfide) groups is 1. The maximum Gasteiger partial charge on any atom is 0.278 e. The number of carbonyl (C=O) groups excluding carboxylic acids is 1. The monoisotopic (exact) mass is 323 g/mol. The van der Waals surface area contributed by atoms with Crippen LogP contribution < -0.4 is 5.43 Å². The molecule has 110 valence electrons. The number of aromatic nitrogens is 2. The van der Waals surface area contributed by atoms with Crippen LogP contribution in [0.25, 0.3) is 10.9 Å². The van der Waals surface area contributed by atoms with Crippen molar-refractivity contribution in [3.8, 4) is 0 Å². The number of aryl methyl sites for hydroxylation is 1. The molecule has 7 heteroatoms. The molecule has 1 aliphatic heterocycles. The van der Waals surface area contributed by atoms with Crippen LogP contribution >= 0.6 is 23.4 Å². The molecule has 2 aromatic rings. The Kier molecular flexibility index (Phi) is 3.91. The molecular formula is C14H14ClN3O2S. The van der Waals surface area contributed by atoms with Crippen LogP contribution in [0.3, 0.4) is 0 Å². The first-order chi connectivity index (χ1) is 10.1. The van der Waals surface area contributed by atoms with Crippen molar-refractivity contribution in [2.75, 3.05) is 24.6 Å². The van der Waals surface area contributed by atoms with Crippen molar-refractivity contribution in [1.82, 2.24) is 14.7 Å². The molecule has 0 aliphatic carbocycles. The molecule has 1 aromatic carbocycles. The van der Waals surface area contributed by atoms with Crippen LogP contribution in [-0.4, -0.2) is 45.2 Å². The van der Waals surface area contributed by atoms with Gasteiger partial charge in [-0.05, 0) is 18.2 Å². The molecule has 5 nitrogen and oxygen atoms in total. The van der Waals surface area contributed by atoms with Crippen LogP contribution in [0.1, 0.15) is 10.5 Å². The van der Waals surface area contributed by atoms with E-state index in [4.69, 9.17) is 11.6 Å². The Morgan fingerprint density at radius 3 is 2.76 bits per heavy atom. The van der Waals surface area contributed by atoms with Crippen molar-refractivity contribution in [2.45, 2.75) is 0 Å². The quantitative estimate of drug-likeness (QED) is 0.802. The van der Waals surface area contributed by atoms with Crippen LogP contribution in [0.15, 0.2) is 23.0 Å². The summed E-state index contributed by atoms with van der Waals surface area (Å²) >= 11 is 7.76. The molecule has 0 unspecified atom stereocenters. The lowest BCUT2D eigenvalue weighted by Gasteiger charge is -2.25. The molecule has 0 atom stereocenters. The van der Waals surface area contributed by atoms with E-state index >= 15 is 0 Å². The number of nitrogens with zero attached hydrogens (tertiary/aromatic N) is 3. The molecule has 0 bridgehead atoms. The summed E-state index contributed by atoms with van der Waals surface area (Å²) in [4.78, 5) is 26.7. The van der Waals surface area contributed by atoms with E-state index in [-0.39, 0.29) is 17.0 Å². The van der Waals surface area contributed by atoms with E-state index in [1.54, 1.807) is 34.8 Å². The Morgan fingerprint density at radius 2 is 2.05 bits per heavy atom. The molecule has 1 aromatic heterocycles. The lowest BCUT2D eigenvalue weighted by Crippen LogP contribution is -2.41. The summed E-state index contributed by atoms with van der Waals surface area (Å²) in [5.74, 6) is 1.49. The van der Waals surface area contributed by atoms with E-state index in [2.05, 4.69) is 5.10 Å². The van der Waals surface area contributed by atoms with Crippen LogP contribution in [0.5, 0.6) is 0 Å². The highest BCUT2D eigenvalue weighted by Gasteiger charge is 2.23. The van der Waals surface area contributed by atoms with Crippen molar-refractivity contribution >= 4 is 40.2 Å². The van der Waals surface area contributed by atoms with Crippen LogP contribution in [0.4, 0.5) is 0 Å². The SMILES string of the molecule is Cn1nc(C(=O)N2CCSCC2)c(=O)c2cc(Cl)ccc21. The third kappa shape index (κ3) is 2.65. The van der Waals surface area contributed by atoms with Gasteiger partial charge in [-0.15, -0.1) is 0 Å². The van der Waals surface area contributed by atoms with Gasteiger partial charge in [0.05, 0.1) is 10.9 Å². The summed E-state index contributed by atoms with van der Waals surface area (Å²) in [7, 11) is 1.72. The standard InChI is InChI=1S/C14H14ClN3O2S/c1-17-11-3-2-9(15)8-10(11)13(19)12(16-17)14(20)18-4-6-21-7-5-18/h2-3,8H,4-7H2,1H3. The number of carbonyl (C=O) groups is 1. The van der Waals surface area contributed by atoms with Crippen molar-refractivity contribution in [3.63, 3.8) is 0 Å². The fraction of sp³-hybridized carbons (Fsp3) is 0.357. The van der Waals surface area contributed by atoms with Crippen LogP contribution in [0.2, 0.25) is 5.02 Å². The number of hydrogen-bond donors (Lipinski definition) is 0. The first-order valence-corrected chi connectivity index (χ1v) is 8.15. The third-order valence-corrected chi connectivity index (χ3v) is 4.70. The highest BCUT2D eigenvalue weighted by atomic mass is 35.5. The number of rotatable bonds is 1. The Balaban J connectivity index is 2.12. The molecule has 21 heavy (non-hydrogen) atoms. The Morgan fingerprint density at radius 1 is 1.33 bits per heavy atom. The van der Waals surface area contributed by atoms with Crippen molar-refractivity contribution < 1.29 is 4.79 Å². The largest absolute Gasteiger partial charge is 0.335 e. The molecular weight excluding hydrogens is 310 g/mol. The molecule has 0 saturated carbocycles. The maximum absolute atomic E-state index is 12.5. The minimum absolute atomic E-state index is 0.0285. The predicted octanol–water partition coefficient (Wildman–Crippen LogP) is 1.78. The van der Waals surface area contributed by atoms with Gasteiger partial charge >= 0.3 is 0 Å². The van der Waals surface area contributed by atoms with Crippen LogP contribution in [-0.2, 0) is 7.05 Å². The highest BCUT2D eigenvalue weighted by Crippen LogP contribution is 2.17. The van der Waals surface area contributed by atoms with Gasteiger partial charge in [-0.2, -0.15) is 16.9 Å². The fourth-order valence-corrected chi connectivity index (χ4v) is 3.48. The smallest absolute Gasteiger partial charge is 0.278 e. The first-order valence-electron chi connectivity index (χ1n) is 6.61. The number of amides is 1. The molecule has 1 amide bonds. The van der Waals surface area contributed by atoms with Gasteiger partial charge in [-0.3, -0.25) is 14.3 Å². The maximum atomic E-state index is 12.5. The van der Waals surface area contributed by atoms with E-state index in [0.29, 0.717) is 29.0 Å². The lowest BCUT2D eigenvalue weighted by atomic mass is 10.2. The van der Waals surface area contributed by atoms with E-state index in [9.17, 15) is 9.59 Å². The normalized spacial score (nSPS) is 15.4. The summed E-state index contributed by atoms with van der Waals surface area (Å²) in [6.45, 7) is 1.31. The zero-order valence-electron chi connectivity index (χ0n) is 11.5. The highest BCUT2D eigenvalue weighted by molar-refractivity contribution is 7.99. The summed E-state index contributed by atoms with van der Waals surface area (Å²) in [5.41, 5.74) is 0.281. The second-order valence-electron chi connectivity index (χ2n) is 4.87. The Hall–Kier alpha value is -1.53. The molecule has 0 radical (unpaired) electrons. The zero-order valence-corrected chi connectivity index (χ0v) is 13.1. The summed E-state index contributed by atoms with van der Waals surface area (Å²) in [6.07, 6.45) is 0. The molecule has 0 spiro atoms. The number of benzene rings is 1. The minimum atomic E-state index is -0.353. The van der Waals surface area contributed by atoms with Gasteiger partial charge < -0.3 is 4.90 Å². The van der Waals surface area contributed by atoms with E-state index in [1.807, 2.05) is 11.8 Å². The molecule has 2 heterocycles. The molecule has 1 fully saturated rings. The summed E-state index contributed by atoms with van der Waals surface area (Å²) in [5, 5.41) is 5.07. The average Bonchev–Trinajstić information content (AvgIpc) is 2.51.